The second kappa shape index (κ2) is 12.1. The lowest BCUT2D eigenvalue weighted by atomic mass is 10.1. The van der Waals surface area contributed by atoms with Crippen molar-refractivity contribution in [3.63, 3.8) is 0 Å². The molecule has 0 fully saturated rings. The van der Waals surface area contributed by atoms with E-state index in [2.05, 4.69) is 6.58 Å². The number of alkyl halides is 1. The summed E-state index contributed by atoms with van der Waals surface area (Å²) in [5, 5.41) is 0. The summed E-state index contributed by atoms with van der Waals surface area (Å²) in [7, 11) is 0. The first-order chi connectivity index (χ1) is 4.88. The molecule has 0 aromatic heterocycles. The minimum Gasteiger partial charge on any atom is -0.344 e. The topological polar surface area (TPSA) is 140 Å². The molecule has 1 rings (SSSR count). The lowest BCUT2D eigenvalue weighted by Gasteiger charge is -1.98. The van der Waals surface area contributed by atoms with Crippen LogP contribution in [0.2, 0.25) is 0 Å². The highest BCUT2D eigenvalue weighted by Gasteiger charge is 1.93. The molecule has 0 aliphatic heterocycles. The van der Waals surface area contributed by atoms with E-state index in [0.717, 1.165) is 11.1 Å². The Morgan fingerprint density at radius 2 is 1.57 bits per heavy atom. The van der Waals surface area contributed by atoms with Crippen LogP contribution < -0.4 is 24.6 Å². The second-order valence-corrected chi connectivity index (χ2v) is 2.30. The molecule has 0 amide bonds. The normalized spacial score (nSPS) is 6.64. The van der Waals surface area contributed by atoms with Crippen LogP contribution >= 0.6 is 11.6 Å². The van der Waals surface area contributed by atoms with Crippen LogP contribution in [0.15, 0.2) is 30.8 Å². The molecule has 1 aromatic rings. The summed E-state index contributed by atoms with van der Waals surface area (Å²) in [6.07, 6.45) is 1.82. The van der Waals surface area contributed by atoms with Crippen molar-refractivity contribution in [1.82, 2.24) is 24.6 Å². The smallest absolute Gasteiger partial charge is 0.0479 e. The van der Waals surface area contributed by atoms with Gasteiger partial charge in [0.2, 0.25) is 0 Å². The molecule has 0 saturated carbocycles. The summed E-state index contributed by atoms with van der Waals surface area (Å²) in [5.41, 5.74) is 2.26. The summed E-state index contributed by atoms with van der Waals surface area (Å²) in [6.45, 7) is 3.68. The summed E-state index contributed by atoms with van der Waals surface area (Å²) in [6, 6.07) is 7.96. The summed E-state index contributed by atoms with van der Waals surface area (Å²) < 4.78 is 0. The Labute approximate surface area is 90.7 Å². The molecular weight excluding hydrogens is 200 g/mol. The van der Waals surface area contributed by atoms with Crippen molar-refractivity contribution in [1.29, 1.82) is 0 Å². The lowest BCUT2D eigenvalue weighted by molar-refractivity contribution is 1.38. The number of halogens is 1. The molecule has 0 saturated heterocycles. The van der Waals surface area contributed by atoms with Crippen LogP contribution in [0, 0.1) is 0 Å². The first-order valence-electron chi connectivity index (χ1n) is 3.15. The number of rotatable bonds is 2. The van der Waals surface area contributed by atoms with Crippen LogP contribution in [0.5, 0.6) is 0 Å². The van der Waals surface area contributed by atoms with Gasteiger partial charge in [0.05, 0.1) is 0 Å². The summed E-state index contributed by atoms with van der Waals surface area (Å²) >= 11 is 5.66. The van der Waals surface area contributed by atoms with Crippen LogP contribution in [0.3, 0.4) is 0 Å². The van der Waals surface area contributed by atoms with E-state index in [0.29, 0.717) is 5.88 Å². The Morgan fingerprint density at radius 1 is 1.07 bits per heavy atom. The van der Waals surface area contributed by atoms with E-state index >= 15 is 0 Å². The third-order valence-electron chi connectivity index (χ3n) is 1.42. The molecule has 0 heterocycles. The molecule has 1 aromatic carbocycles. The van der Waals surface area contributed by atoms with E-state index in [1.54, 1.807) is 0 Å². The maximum Gasteiger partial charge on any atom is 0.0479 e. The van der Waals surface area contributed by atoms with Gasteiger partial charge in [-0.2, -0.15) is 0 Å². The van der Waals surface area contributed by atoms with Gasteiger partial charge in [0.1, 0.15) is 0 Å². The fourth-order valence-electron chi connectivity index (χ4n) is 0.855. The Hall–Kier alpha value is -0.910. The second-order valence-electron chi connectivity index (χ2n) is 2.04. The molecule has 4 nitrogen and oxygen atoms in total. The average molecular weight is 221 g/mol. The van der Waals surface area contributed by atoms with Gasteiger partial charge in [-0.15, -0.1) is 11.6 Å². The van der Waals surface area contributed by atoms with Gasteiger partial charge in [-0.25, -0.2) is 0 Å². The fraction of sp³-hybridized carbons (Fsp3) is 0.111. The van der Waals surface area contributed by atoms with E-state index in [9.17, 15) is 0 Å². The predicted octanol–water partition coefficient (Wildman–Crippen LogP) is 3.72. The van der Waals surface area contributed by atoms with Crippen LogP contribution in [0.25, 0.3) is 6.08 Å². The van der Waals surface area contributed by atoms with Crippen molar-refractivity contribution in [2.24, 2.45) is 0 Å². The molecule has 0 spiro atoms. The first-order valence-corrected chi connectivity index (χ1v) is 3.68. The standard InChI is InChI=1S/C9H9Cl.4H3N/c1-2-8-5-3-4-6-9(8)7-10;;;;/h2-6H,1,7H2;4*1H3. The lowest BCUT2D eigenvalue weighted by Crippen LogP contribution is -1.81. The van der Waals surface area contributed by atoms with Crippen molar-refractivity contribution in [3.05, 3.63) is 42.0 Å². The van der Waals surface area contributed by atoms with E-state index in [1.165, 1.54) is 0 Å². The summed E-state index contributed by atoms with van der Waals surface area (Å²) in [5.74, 6) is 0.558. The third-order valence-corrected chi connectivity index (χ3v) is 1.71. The fourth-order valence-corrected chi connectivity index (χ4v) is 1.10. The van der Waals surface area contributed by atoms with Crippen molar-refractivity contribution in [2.75, 3.05) is 0 Å². The molecule has 84 valence electrons. The van der Waals surface area contributed by atoms with Crippen LogP contribution in [-0.4, -0.2) is 0 Å². The number of hydrogen-bond acceptors (Lipinski definition) is 4. The maximum atomic E-state index is 5.66. The zero-order valence-corrected chi connectivity index (χ0v) is 9.26. The minimum atomic E-state index is 0. The molecule has 0 unspecified atom stereocenters. The number of benzene rings is 1. The van der Waals surface area contributed by atoms with Crippen molar-refractivity contribution >= 4 is 17.7 Å². The first kappa shape index (κ1) is 23.2. The molecule has 5 heteroatoms. The highest BCUT2D eigenvalue weighted by molar-refractivity contribution is 6.17. The summed E-state index contributed by atoms with van der Waals surface area (Å²) in [4.78, 5) is 0. The van der Waals surface area contributed by atoms with Crippen molar-refractivity contribution in [2.45, 2.75) is 5.88 Å². The van der Waals surface area contributed by atoms with Gasteiger partial charge in [-0.1, -0.05) is 36.9 Å². The zero-order valence-electron chi connectivity index (χ0n) is 8.51. The van der Waals surface area contributed by atoms with Gasteiger partial charge in [-0.3, -0.25) is 0 Å². The van der Waals surface area contributed by atoms with Crippen molar-refractivity contribution < 1.29 is 0 Å². The maximum absolute atomic E-state index is 5.66. The van der Waals surface area contributed by atoms with E-state index < -0.39 is 0 Å². The monoisotopic (exact) mass is 220 g/mol. The average Bonchev–Trinajstić information content (AvgIpc) is 2.04. The van der Waals surface area contributed by atoms with E-state index in [1.807, 2.05) is 30.3 Å². The SMILES string of the molecule is C=Cc1ccccc1CCl.N.N.N.N. The van der Waals surface area contributed by atoms with Gasteiger partial charge < -0.3 is 24.6 Å². The highest BCUT2D eigenvalue weighted by atomic mass is 35.5. The van der Waals surface area contributed by atoms with Crippen LogP contribution in [0.1, 0.15) is 11.1 Å². The van der Waals surface area contributed by atoms with Gasteiger partial charge in [0, 0.05) is 5.88 Å². The molecule has 0 aliphatic carbocycles. The highest BCUT2D eigenvalue weighted by Crippen LogP contribution is 2.11. The van der Waals surface area contributed by atoms with Crippen LogP contribution in [-0.2, 0) is 5.88 Å². The van der Waals surface area contributed by atoms with E-state index in [-0.39, 0.29) is 24.6 Å². The van der Waals surface area contributed by atoms with Crippen molar-refractivity contribution in [3.8, 4) is 0 Å². The quantitative estimate of drug-likeness (QED) is 0.564. The Balaban J connectivity index is -0.000000125. The molecule has 0 atom stereocenters. The number of hydrogen-bond donors (Lipinski definition) is 4. The van der Waals surface area contributed by atoms with Gasteiger partial charge in [0.15, 0.2) is 0 Å². The predicted molar refractivity (Wildman–Crippen MR) is 66.2 cm³/mol. The Bertz CT molecular complexity index is 240. The van der Waals surface area contributed by atoms with Gasteiger partial charge in [0.25, 0.3) is 0 Å². The van der Waals surface area contributed by atoms with Gasteiger partial charge >= 0.3 is 0 Å². The van der Waals surface area contributed by atoms with E-state index in [4.69, 9.17) is 11.6 Å². The largest absolute Gasteiger partial charge is 0.344 e. The molecule has 0 bridgehead atoms. The Morgan fingerprint density at radius 3 is 1.93 bits per heavy atom. The van der Waals surface area contributed by atoms with Crippen LogP contribution in [0.4, 0.5) is 0 Å². The molecule has 0 aliphatic rings. The minimum absolute atomic E-state index is 0. The molecule has 12 N–H and O–H groups in total. The Kier molecular flexibility index (Phi) is 20.0. The molecular formula is C9H21ClN4. The molecule has 14 heavy (non-hydrogen) atoms. The third kappa shape index (κ3) is 5.69. The van der Waals surface area contributed by atoms with Gasteiger partial charge in [-0.05, 0) is 11.1 Å². The zero-order chi connectivity index (χ0) is 7.40. The molecule has 0 radical (unpaired) electrons.